The first-order chi connectivity index (χ1) is 11.7. The Morgan fingerprint density at radius 1 is 1.32 bits per heavy atom. The van der Waals surface area contributed by atoms with E-state index in [0.717, 1.165) is 23.1 Å². The number of rotatable bonds is 3. The number of carbonyl (C=O) groups is 1. The first kappa shape index (κ1) is 18.2. The molecular formula is C20H28O5. The summed E-state index contributed by atoms with van der Waals surface area (Å²) in [7, 11) is 0. The molecule has 0 heterocycles. The van der Waals surface area contributed by atoms with Gasteiger partial charge in [0.2, 0.25) is 0 Å². The van der Waals surface area contributed by atoms with Crippen LogP contribution in [0, 0.1) is 11.3 Å². The molecule has 1 fully saturated rings. The van der Waals surface area contributed by atoms with E-state index in [1.54, 1.807) is 13.0 Å². The number of aliphatic carboxylic acids is 1. The fraction of sp³-hybridized carbons (Fsp3) is 0.650. The molecule has 0 aromatic heterocycles. The van der Waals surface area contributed by atoms with Gasteiger partial charge >= 0.3 is 5.97 Å². The number of carboxylic acid groups (broad SMARTS) is 1. The quantitative estimate of drug-likeness (QED) is 0.673. The lowest BCUT2D eigenvalue weighted by Crippen LogP contribution is -2.58. The van der Waals surface area contributed by atoms with E-state index >= 15 is 0 Å². The van der Waals surface area contributed by atoms with Crippen LogP contribution in [0.25, 0.3) is 0 Å². The minimum absolute atomic E-state index is 0.0322. The SMILES string of the molecule is CC(CO)c1cc2c(cc1O)[C@@]1(C)CC[C@H](O)[C@@](C)(C(=O)O)[C@@H]1CC2. The molecule has 0 bridgehead atoms. The number of hydrogen-bond donors (Lipinski definition) is 4. The van der Waals surface area contributed by atoms with Gasteiger partial charge in [-0.1, -0.05) is 19.9 Å². The van der Waals surface area contributed by atoms with Crippen LogP contribution in [-0.2, 0) is 16.6 Å². The van der Waals surface area contributed by atoms with Crippen molar-refractivity contribution in [3.05, 3.63) is 28.8 Å². The smallest absolute Gasteiger partial charge is 0.312 e. The predicted molar refractivity (Wildman–Crippen MR) is 93.8 cm³/mol. The van der Waals surface area contributed by atoms with E-state index in [-0.39, 0.29) is 24.2 Å². The van der Waals surface area contributed by atoms with Crippen molar-refractivity contribution in [1.29, 1.82) is 0 Å². The van der Waals surface area contributed by atoms with Crippen molar-refractivity contribution in [1.82, 2.24) is 0 Å². The van der Waals surface area contributed by atoms with Gasteiger partial charge in [0.05, 0.1) is 11.5 Å². The van der Waals surface area contributed by atoms with E-state index < -0.39 is 22.9 Å². The number of phenols is 1. The van der Waals surface area contributed by atoms with Crippen LogP contribution in [0.4, 0.5) is 0 Å². The Balaban J connectivity index is 2.12. The van der Waals surface area contributed by atoms with Crippen LogP contribution in [0.5, 0.6) is 5.75 Å². The Kier molecular flexibility index (Phi) is 4.36. The highest BCUT2D eigenvalue weighted by molar-refractivity contribution is 5.76. The lowest BCUT2D eigenvalue weighted by Gasteiger charge is -2.55. The Morgan fingerprint density at radius 2 is 2.00 bits per heavy atom. The summed E-state index contributed by atoms with van der Waals surface area (Å²) in [5.41, 5.74) is 1.28. The molecule has 5 atom stereocenters. The number of fused-ring (bicyclic) bond motifs is 3. The van der Waals surface area contributed by atoms with Crippen molar-refractivity contribution in [2.75, 3.05) is 6.61 Å². The third kappa shape index (κ3) is 2.48. The molecule has 0 aliphatic heterocycles. The molecule has 3 rings (SSSR count). The molecule has 25 heavy (non-hydrogen) atoms. The van der Waals surface area contributed by atoms with Crippen LogP contribution in [0.2, 0.25) is 0 Å². The maximum atomic E-state index is 12.0. The molecule has 1 aromatic carbocycles. The molecule has 5 heteroatoms. The van der Waals surface area contributed by atoms with Crippen molar-refractivity contribution in [2.24, 2.45) is 11.3 Å². The van der Waals surface area contributed by atoms with Crippen molar-refractivity contribution >= 4 is 5.97 Å². The molecule has 138 valence electrons. The van der Waals surface area contributed by atoms with Crippen LogP contribution in [0.15, 0.2) is 12.1 Å². The number of aliphatic hydroxyl groups is 2. The summed E-state index contributed by atoms with van der Waals surface area (Å²) in [6.07, 6.45) is 1.69. The maximum absolute atomic E-state index is 12.0. The minimum Gasteiger partial charge on any atom is -0.508 e. The third-order valence-corrected chi connectivity index (χ3v) is 6.96. The highest BCUT2D eigenvalue weighted by Gasteiger charge is 2.59. The van der Waals surface area contributed by atoms with Gasteiger partial charge in [-0.2, -0.15) is 0 Å². The average molecular weight is 348 g/mol. The van der Waals surface area contributed by atoms with Gasteiger partial charge in [-0.3, -0.25) is 4.79 Å². The zero-order valence-corrected chi connectivity index (χ0v) is 15.1. The molecule has 0 saturated heterocycles. The highest BCUT2D eigenvalue weighted by Crippen LogP contribution is 2.58. The number of aromatic hydroxyl groups is 1. The zero-order valence-electron chi connectivity index (χ0n) is 15.1. The topological polar surface area (TPSA) is 98.0 Å². The summed E-state index contributed by atoms with van der Waals surface area (Å²) in [5.74, 6) is -1.12. The number of benzene rings is 1. The van der Waals surface area contributed by atoms with E-state index in [4.69, 9.17) is 0 Å². The molecular weight excluding hydrogens is 320 g/mol. The highest BCUT2D eigenvalue weighted by atomic mass is 16.4. The predicted octanol–water partition coefficient (Wildman–Crippen LogP) is 2.55. The Hall–Kier alpha value is -1.59. The van der Waals surface area contributed by atoms with Crippen LogP contribution in [0.1, 0.15) is 62.6 Å². The molecule has 2 aliphatic carbocycles. The molecule has 1 saturated carbocycles. The standard InChI is InChI=1S/C20H28O5/c1-11(10-21)13-8-12-4-5-16-19(2,14(12)9-15(13)22)7-6-17(23)20(16,3)18(24)25/h8-9,11,16-17,21-23H,4-7,10H2,1-3H3,(H,24,25)/t11?,16-,17+,19-,20+/m1/s1. The summed E-state index contributed by atoms with van der Waals surface area (Å²) in [6, 6.07) is 3.74. The normalized spacial score (nSPS) is 35.6. The van der Waals surface area contributed by atoms with Gasteiger partial charge in [-0.15, -0.1) is 0 Å². The minimum atomic E-state index is -1.18. The van der Waals surface area contributed by atoms with Gasteiger partial charge in [0.25, 0.3) is 0 Å². The lowest BCUT2D eigenvalue weighted by atomic mass is 9.49. The summed E-state index contributed by atoms with van der Waals surface area (Å²) >= 11 is 0. The lowest BCUT2D eigenvalue weighted by molar-refractivity contribution is -0.171. The van der Waals surface area contributed by atoms with E-state index in [1.165, 1.54) is 0 Å². The van der Waals surface area contributed by atoms with Crippen LogP contribution >= 0.6 is 0 Å². The summed E-state index contributed by atoms with van der Waals surface area (Å²) in [4.78, 5) is 12.0. The summed E-state index contributed by atoms with van der Waals surface area (Å²) < 4.78 is 0. The first-order valence-corrected chi connectivity index (χ1v) is 9.04. The second-order valence-electron chi connectivity index (χ2n) is 8.30. The van der Waals surface area contributed by atoms with Gasteiger partial charge in [0.1, 0.15) is 5.75 Å². The Labute approximate surface area is 148 Å². The van der Waals surface area contributed by atoms with E-state index in [9.17, 15) is 25.2 Å². The fourth-order valence-electron chi connectivity index (χ4n) is 5.22. The molecule has 0 spiro atoms. The van der Waals surface area contributed by atoms with Crippen LogP contribution < -0.4 is 0 Å². The van der Waals surface area contributed by atoms with Gasteiger partial charge in [0, 0.05) is 12.5 Å². The molecule has 0 amide bonds. The van der Waals surface area contributed by atoms with E-state index in [0.29, 0.717) is 19.3 Å². The van der Waals surface area contributed by atoms with Gasteiger partial charge in [0.15, 0.2) is 0 Å². The third-order valence-electron chi connectivity index (χ3n) is 6.96. The first-order valence-electron chi connectivity index (χ1n) is 9.04. The largest absolute Gasteiger partial charge is 0.508 e. The van der Waals surface area contributed by atoms with E-state index in [1.807, 2.05) is 13.0 Å². The molecule has 0 radical (unpaired) electrons. The molecule has 1 aromatic rings. The second-order valence-corrected chi connectivity index (χ2v) is 8.30. The van der Waals surface area contributed by atoms with Gasteiger partial charge in [-0.25, -0.2) is 0 Å². The number of aryl methyl sites for hydroxylation is 1. The number of phenolic OH excluding ortho intramolecular Hbond substituents is 1. The second kappa shape index (κ2) is 5.99. The van der Waals surface area contributed by atoms with Crippen molar-refractivity contribution in [3.8, 4) is 5.75 Å². The van der Waals surface area contributed by atoms with Crippen molar-refractivity contribution < 1.29 is 25.2 Å². The number of hydrogen-bond acceptors (Lipinski definition) is 4. The summed E-state index contributed by atoms with van der Waals surface area (Å²) in [6.45, 7) is 5.56. The Morgan fingerprint density at radius 3 is 2.60 bits per heavy atom. The molecule has 4 N–H and O–H groups in total. The van der Waals surface area contributed by atoms with Crippen molar-refractivity contribution in [2.45, 2.75) is 63.9 Å². The molecule has 5 nitrogen and oxygen atoms in total. The zero-order chi connectivity index (χ0) is 18.6. The van der Waals surface area contributed by atoms with Crippen LogP contribution in [-0.4, -0.2) is 39.1 Å². The number of carboxylic acids is 1. The maximum Gasteiger partial charge on any atom is 0.312 e. The average Bonchev–Trinajstić information content (AvgIpc) is 2.57. The van der Waals surface area contributed by atoms with E-state index in [2.05, 4.69) is 6.92 Å². The van der Waals surface area contributed by atoms with Crippen LogP contribution in [0.3, 0.4) is 0 Å². The molecule has 1 unspecified atom stereocenters. The Bertz CT molecular complexity index is 700. The van der Waals surface area contributed by atoms with Crippen molar-refractivity contribution in [3.63, 3.8) is 0 Å². The van der Waals surface area contributed by atoms with Gasteiger partial charge < -0.3 is 20.4 Å². The molecule has 2 aliphatic rings. The summed E-state index contributed by atoms with van der Waals surface area (Å²) in [5, 5.41) is 40.2. The fourth-order valence-corrected chi connectivity index (χ4v) is 5.22. The monoisotopic (exact) mass is 348 g/mol. The number of aliphatic hydroxyl groups excluding tert-OH is 2. The van der Waals surface area contributed by atoms with Gasteiger partial charge in [-0.05, 0) is 66.7 Å².